The Hall–Kier alpha value is -3.39. The molecule has 0 bridgehead atoms. The molecule has 0 aliphatic heterocycles. The van der Waals surface area contributed by atoms with Crippen LogP contribution >= 0.6 is 11.8 Å². The lowest BCUT2D eigenvalue weighted by Gasteiger charge is -2.16. The van der Waals surface area contributed by atoms with Gasteiger partial charge in [0, 0.05) is 28.2 Å². The molecule has 1 unspecified atom stereocenters. The van der Waals surface area contributed by atoms with Gasteiger partial charge in [-0.05, 0) is 51.7 Å². The van der Waals surface area contributed by atoms with Crippen LogP contribution in [0.5, 0.6) is 0 Å². The fourth-order valence-corrected chi connectivity index (χ4v) is 3.42. The Kier molecular flexibility index (Phi) is 13.7. The molecule has 7 heteroatoms. The normalized spacial score (nSPS) is 13.4. The largest absolute Gasteiger partial charge is 0.349 e. The lowest BCUT2D eigenvalue weighted by molar-refractivity contribution is -0.122. The maximum atomic E-state index is 11.5. The van der Waals surface area contributed by atoms with Crippen LogP contribution in [0.25, 0.3) is 0 Å². The number of amides is 1. The molecule has 0 heterocycles. The lowest BCUT2D eigenvalue weighted by Crippen LogP contribution is -2.36. The Labute approximate surface area is 207 Å². The fraction of sp³-hybridized carbons (Fsp3) is 0.333. The molecule has 0 saturated heterocycles. The van der Waals surface area contributed by atoms with Crippen molar-refractivity contribution < 1.29 is 9.59 Å². The van der Waals surface area contributed by atoms with E-state index in [2.05, 4.69) is 46.3 Å². The first-order chi connectivity index (χ1) is 16.4. The summed E-state index contributed by atoms with van der Waals surface area (Å²) in [7, 11) is 1.80. The third-order valence-corrected chi connectivity index (χ3v) is 6.03. The summed E-state index contributed by atoms with van der Waals surface area (Å²) in [5, 5.41) is 13.9. The highest BCUT2D eigenvalue weighted by Crippen LogP contribution is 2.30. The number of allylic oxidation sites excluding steroid dienone is 6. The molecule has 1 aliphatic rings. The zero-order valence-electron chi connectivity index (χ0n) is 20.1. The number of aliphatic imine (C=N–C) groups is 1. The third kappa shape index (κ3) is 11.0. The molecule has 0 saturated carbocycles. The van der Waals surface area contributed by atoms with Gasteiger partial charge in [0.2, 0.25) is 5.91 Å². The van der Waals surface area contributed by atoms with E-state index in [1.165, 1.54) is 11.8 Å². The van der Waals surface area contributed by atoms with E-state index in [0.717, 1.165) is 34.6 Å². The molecule has 1 aromatic carbocycles. The number of rotatable bonds is 9. The number of carbonyl (C=O) groups is 2. The molecule has 1 aromatic rings. The quantitative estimate of drug-likeness (QED) is 0.237. The van der Waals surface area contributed by atoms with Gasteiger partial charge in [-0.25, -0.2) is 0 Å². The number of nitrogens with zero attached hydrogens (tertiary/aromatic N) is 2. The summed E-state index contributed by atoms with van der Waals surface area (Å²) in [5.74, 6) is 6.81. The molecule has 0 fully saturated rings. The van der Waals surface area contributed by atoms with E-state index in [1.807, 2.05) is 56.4 Å². The van der Waals surface area contributed by atoms with Gasteiger partial charge in [0.1, 0.15) is 11.8 Å². The second kappa shape index (κ2) is 16.3. The molecule has 2 N–H and O–H groups in total. The van der Waals surface area contributed by atoms with E-state index in [1.54, 1.807) is 7.05 Å². The summed E-state index contributed by atoms with van der Waals surface area (Å²) in [6.45, 7) is 7.54. The van der Waals surface area contributed by atoms with Crippen molar-refractivity contribution >= 4 is 36.4 Å². The highest BCUT2D eigenvalue weighted by atomic mass is 32.2. The van der Waals surface area contributed by atoms with Gasteiger partial charge in [-0.2, -0.15) is 5.26 Å². The topological polar surface area (TPSA) is 94.3 Å². The molecule has 178 valence electrons. The SMILES string of the molecule is C=Nc1cc(C#CC2=CC=CC=CC2)ccc1SCCC(=O)NCC=O.CCC(C)(C#N)NC. The van der Waals surface area contributed by atoms with E-state index in [-0.39, 0.29) is 18.0 Å². The van der Waals surface area contributed by atoms with Crippen molar-refractivity contribution in [1.29, 1.82) is 5.26 Å². The molecule has 0 aromatic heterocycles. The van der Waals surface area contributed by atoms with Crippen LogP contribution in [0.15, 0.2) is 64.0 Å². The van der Waals surface area contributed by atoms with Crippen LogP contribution in [0, 0.1) is 23.2 Å². The molecule has 0 radical (unpaired) electrons. The molecule has 34 heavy (non-hydrogen) atoms. The summed E-state index contributed by atoms with van der Waals surface area (Å²) in [4.78, 5) is 26.8. The highest BCUT2D eigenvalue weighted by Gasteiger charge is 2.16. The summed E-state index contributed by atoms with van der Waals surface area (Å²) in [6.07, 6.45) is 12.7. The number of hydrogen-bond acceptors (Lipinski definition) is 6. The van der Waals surface area contributed by atoms with Crippen molar-refractivity contribution in [2.75, 3.05) is 19.3 Å². The van der Waals surface area contributed by atoms with Crippen molar-refractivity contribution in [2.45, 2.75) is 43.5 Å². The van der Waals surface area contributed by atoms with E-state index < -0.39 is 0 Å². The average Bonchev–Trinajstić information content (AvgIpc) is 3.15. The number of nitrogens with one attached hydrogen (secondary N) is 2. The van der Waals surface area contributed by atoms with Crippen molar-refractivity contribution in [3.63, 3.8) is 0 Å². The molecule has 1 atom stereocenters. The first kappa shape index (κ1) is 28.6. The minimum Gasteiger partial charge on any atom is -0.349 e. The first-order valence-electron chi connectivity index (χ1n) is 11.0. The van der Waals surface area contributed by atoms with Crippen molar-refractivity contribution in [1.82, 2.24) is 10.6 Å². The zero-order valence-corrected chi connectivity index (χ0v) is 20.9. The zero-order chi connectivity index (χ0) is 25.2. The molecule has 1 amide bonds. The summed E-state index contributed by atoms with van der Waals surface area (Å²) >= 11 is 1.53. The van der Waals surface area contributed by atoms with Crippen LogP contribution in [-0.2, 0) is 9.59 Å². The Bertz CT molecular complexity index is 1030. The lowest BCUT2D eigenvalue weighted by atomic mass is 10.0. The molecule has 6 nitrogen and oxygen atoms in total. The Balaban J connectivity index is 0.000000620. The minimum atomic E-state index is -0.319. The summed E-state index contributed by atoms with van der Waals surface area (Å²) in [5.41, 5.74) is 2.37. The highest BCUT2D eigenvalue weighted by molar-refractivity contribution is 7.99. The van der Waals surface area contributed by atoms with E-state index in [0.29, 0.717) is 18.5 Å². The number of thioether (sulfide) groups is 1. The van der Waals surface area contributed by atoms with Crippen molar-refractivity contribution in [3.05, 3.63) is 59.7 Å². The van der Waals surface area contributed by atoms with Gasteiger partial charge in [-0.15, -0.1) is 11.8 Å². The molecular weight excluding hydrogens is 444 g/mol. The van der Waals surface area contributed by atoms with E-state index >= 15 is 0 Å². The maximum Gasteiger partial charge on any atom is 0.221 e. The van der Waals surface area contributed by atoms with Crippen molar-refractivity contribution in [2.24, 2.45) is 4.99 Å². The van der Waals surface area contributed by atoms with Crippen LogP contribution in [0.4, 0.5) is 5.69 Å². The maximum absolute atomic E-state index is 11.5. The van der Waals surface area contributed by atoms with Crippen LogP contribution in [0.2, 0.25) is 0 Å². The number of aldehydes is 1. The third-order valence-electron chi connectivity index (χ3n) is 4.97. The number of carbonyl (C=O) groups excluding carboxylic acids is 2. The van der Waals surface area contributed by atoms with E-state index in [4.69, 9.17) is 5.26 Å². The Morgan fingerprint density at radius 1 is 1.32 bits per heavy atom. The molecule has 0 spiro atoms. The van der Waals surface area contributed by atoms with Crippen LogP contribution in [-0.4, -0.2) is 43.8 Å². The molecule has 2 rings (SSSR count). The monoisotopic (exact) mass is 476 g/mol. The van der Waals surface area contributed by atoms with Gasteiger partial charge in [0.05, 0.1) is 18.3 Å². The smallest absolute Gasteiger partial charge is 0.221 e. The van der Waals surface area contributed by atoms with Crippen molar-refractivity contribution in [3.8, 4) is 17.9 Å². The predicted molar refractivity (Wildman–Crippen MR) is 141 cm³/mol. The Morgan fingerprint density at radius 3 is 2.74 bits per heavy atom. The van der Waals surface area contributed by atoms with Gasteiger partial charge in [0.15, 0.2) is 0 Å². The first-order valence-corrected chi connectivity index (χ1v) is 12.0. The molecule has 1 aliphatic carbocycles. The number of nitriles is 1. The number of hydrogen-bond donors (Lipinski definition) is 2. The fourth-order valence-electron chi connectivity index (χ4n) is 2.47. The summed E-state index contributed by atoms with van der Waals surface area (Å²) < 4.78 is 0. The van der Waals surface area contributed by atoms with Gasteiger partial charge in [0.25, 0.3) is 0 Å². The molecular formula is C27H32N4O2S. The number of benzene rings is 1. The van der Waals surface area contributed by atoms with Gasteiger partial charge in [-0.3, -0.25) is 9.79 Å². The average molecular weight is 477 g/mol. The van der Waals surface area contributed by atoms with Gasteiger partial charge >= 0.3 is 0 Å². The Morgan fingerprint density at radius 2 is 2.12 bits per heavy atom. The second-order valence-electron chi connectivity index (χ2n) is 7.42. The van der Waals surface area contributed by atoms with Crippen LogP contribution in [0.3, 0.4) is 0 Å². The van der Waals surface area contributed by atoms with Crippen LogP contribution < -0.4 is 10.6 Å². The van der Waals surface area contributed by atoms with Gasteiger partial charge < -0.3 is 15.4 Å². The standard InChI is InChI=1S/C21H20N2O2S.C6H12N2/c1-22-19-16-18(9-8-17-6-4-2-3-5-7-17)10-11-20(19)26-15-12-21(25)23-13-14-24;1-4-6(2,5-7)8-3/h2-6,10-11,14,16H,1,7,12-13,15H2,(H,23,25);8H,4H2,1-3H3. The predicted octanol–water partition coefficient (Wildman–Crippen LogP) is 4.51. The van der Waals surface area contributed by atoms with Crippen LogP contribution in [0.1, 0.15) is 38.7 Å². The minimum absolute atomic E-state index is 0.0539. The summed E-state index contributed by atoms with van der Waals surface area (Å²) in [6, 6.07) is 7.96. The second-order valence-corrected chi connectivity index (χ2v) is 8.55. The van der Waals surface area contributed by atoms with E-state index in [9.17, 15) is 9.59 Å². The van der Waals surface area contributed by atoms with Gasteiger partial charge in [-0.1, -0.05) is 49.1 Å².